The number of amides is 1. The number of rotatable bonds is 14. The summed E-state index contributed by atoms with van der Waals surface area (Å²) in [6.45, 7) is 8.18. The van der Waals surface area contributed by atoms with Crippen molar-refractivity contribution in [3.05, 3.63) is 29.8 Å². The zero-order valence-electron chi connectivity index (χ0n) is 19.4. The van der Waals surface area contributed by atoms with Crippen LogP contribution in [0, 0.1) is 0 Å². The van der Waals surface area contributed by atoms with E-state index in [9.17, 15) is 9.90 Å². The zero-order valence-corrected chi connectivity index (χ0v) is 19.4. The summed E-state index contributed by atoms with van der Waals surface area (Å²) in [6.07, 6.45) is 6.41. The molecule has 1 amide bonds. The number of aliphatic hydroxyl groups is 1. The number of hydrogen-bond acceptors (Lipinski definition) is 4. The Morgan fingerprint density at radius 2 is 1.81 bits per heavy atom. The number of nitrogens with zero attached hydrogens (tertiary/aromatic N) is 1. The van der Waals surface area contributed by atoms with Crippen LogP contribution in [0.15, 0.2) is 29.3 Å². The number of nitrogens with one attached hydrogen (secondary N) is 3. The van der Waals surface area contributed by atoms with Crippen molar-refractivity contribution < 1.29 is 14.6 Å². The quantitative estimate of drug-likeness (QED) is 0.268. The van der Waals surface area contributed by atoms with E-state index in [1.54, 1.807) is 0 Å². The van der Waals surface area contributed by atoms with Crippen LogP contribution in [-0.2, 0) is 11.2 Å². The van der Waals surface area contributed by atoms with Crippen molar-refractivity contribution in [2.24, 2.45) is 4.99 Å². The monoisotopic (exact) mass is 432 g/mol. The van der Waals surface area contributed by atoms with Gasteiger partial charge in [-0.2, -0.15) is 0 Å². The third-order valence-corrected chi connectivity index (χ3v) is 5.25. The lowest BCUT2D eigenvalue weighted by atomic mass is 9.93. The Labute approximate surface area is 187 Å². The molecule has 0 spiro atoms. The summed E-state index contributed by atoms with van der Waals surface area (Å²) >= 11 is 0. The van der Waals surface area contributed by atoms with Gasteiger partial charge in [0.2, 0.25) is 0 Å². The molecule has 0 atom stereocenters. The van der Waals surface area contributed by atoms with E-state index in [2.05, 4.69) is 34.8 Å². The fraction of sp³-hybridized carbons (Fsp3) is 0.667. The third-order valence-electron chi connectivity index (χ3n) is 5.25. The van der Waals surface area contributed by atoms with E-state index in [1.807, 2.05) is 31.2 Å². The molecule has 2 rings (SSSR count). The van der Waals surface area contributed by atoms with Crippen LogP contribution < -0.4 is 20.7 Å². The Kier molecular flexibility index (Phi) is 10.6. The summed E-state index contributed by atoms with van der Waals surface area (Å²) in [5.74, 6) is 1.37. The van der Waals surface area contributed by atoms with Gasteiger partial charge in [-0.05, 0) is 56.7 Å². The standard InChI is InChI=1S/C24H40N4O3/c1-4-14-24(30,15-5-2)18-27-23(25-6-3)26-16-13-19-7-11-21(12-8-19)31-17-22(29)28-20-9-10-20/h7-8,11-12,20,30H,4-6,9-10,13-18H2,1-3H3,(H,28,29)(H2,25,26,27). The highest BCUT2D eigenvalue weighted by atomic mass is 16.5. The van der Waals surface area contributed by atoms with Crippen molar-refractivity contribution in [2.75, 3.05) is 26.2 Å². The van der Waals surface area contributed by atoms with Gasteiger partial charge in [0.1, 0.15) is 5.75 Å². The van der Waals surface area contributed by atoms with Crippen LogP contribution in [0.4, 0.5) is 0 Å². The molecule has 1 aliphatic carbocycles. The van der Waals surface area contributed by atoms with Crippen LogP contribution in [-0.4, -0.2) is 54.9 Å². The molecule has 0 aliphatic heterocycles. The minimum Gasteiger partial charge on any atom is -0.484 e. The Hall–Kier alpha value is -2.28. The lowest BCUT2D eigenvalue weighted by Gasteiger charge is -2.26. The van der Waals surface area contributed by atoms with E-state index >= 15 is 0 Å². The SMILES string of the molecule is CCCC(O)(CCC)CN=C(NCC)NCCc1ccc(OCC(=O)NC2CC2)cc1. The van der Waals surface area contributed by atoms with E-state index < -0.39 is 5.60 Å². The van der Waals surface area contributed by atoms with Crippen LogP contribution in [0.3, 0.4) is 0 Å². The predicted molar refractivity (Wildman–Crippen MR) is 126 cm³/mol. The van der Waals surface area contributed by atoms with Crippen molar-refractivity contribution in [1.82, 2.24) is 16.0 Å². The molecule has 1 aromatic carbocycles. The molecule has 7 nitrogen and oxygen atoms in total. The largest absolute Gasteiger partial charge is 0.484 e. The number of benzene rings is 1. The van der Waals surface area contributed by atoms with E-state index in [-0.39, 0.29) is 12.5 Å². The molecule has 1 saturated carbocycles. The number of guanidine groups is 1. The molecular formula is C24H40N4O3. The number of ether oxygens (including phenoxy) is 1. The summed E-state index contributed by atoms with van der Waals surface area (Å²) in [4.78, 5) is 16.3. The first kappa shape index (κ1) is 25.0. The van der Waals surface area contributed by atoms with Gasteiger partial charge in [0.15, 0.2) is 12.6 Å². The molecule has 174 valence electrons. The minimum absolute atomic E-state index is 0.0579. The van der Waals surface area contributed by atoms with E-state index in [0.29, 0.717) is 18.3 Å². The van der Waals surface area contributed by atoms with Gasteiger partial charge in [0.25, 0.3) is 5.91 Å². The number of carbonyl (C=O) groups is 1. The summed E-state index contributed by atoms with van der Waals surface area (Å²) in [5.41, 5.74) is 0.448. The maximum absolute atomic E-state index is 11.7. The summed E-state index contributed by atoms with van der Waals surface area (Å²) < 4.78 is 5.55. The van der Waals surface area contributed by atoms with Crippen LogP contribution in [0.2, 0.25) is 0 Å². The Bertz CT molecular complexity index is 681. The van der Waals surface area contributed by atoms with Gasteiger partial charge < -0.3 is 25.8 Å². The second-order valence-electron chi connectivity index (χ2n) is 8.37. The number of aliphatic imine (C=N–C) groups is 1. The molecule has 0 aromatic heterocycles. The predicted octanol–water partition coefficient (Wildman–Crippen LogP) is 2.77. The molecule has 0 saturated heterocycles. The van der Waals surface area contributed by atoms with Crippen LogP contribution in [0.1, 0.15) is 64.9 Å². The second-order valence-corrected chi connectivity index (χ2v) is 8.37. The van der Waals surface area contributed by atoms with Crippen molar-refractivity contribution in [2.45, 2.75) is 77.4 Å². The molecule has 31 heavy (non-hydrogen) atoms. The highest BCUT2D eigenvalue weighted by Gasteiger charge is 2.24. The fourth-order valence-electron chi connectivity index (χ4n) is 3.51. The van der Waals surface area contributed by atoms with Crippen LogP contribution in [0.25, 0.3) is 0 Å². The van der Waals surface area contributed by atoms with Gasteiger partial charge in [-0.1, -0.05) is 38.8 Å². The van der Waals surface area contributed by atoms with E-state index in [4.69, 9.17) is 4.74 Å². The molecular weight excluding hydrogens is 392 g/mol. The van der Waals surface area contributed by atoms with Gasteiger partial charge in [-0.3, -0.25) is 9.79 Å². The first-order chi connectivity index (χ1) is 15.0. The van der Waals surface area contributed by atoms with Gasteiger partial charge >= 0.3 is 0 Å². The highest BCUT2D eigenvalue weighted by molar-refractivity contribution is 5.79. The fourth-order valence-corrected chi connectivity index (χ4v) is 3.51. The van der Waals surface area contributed by atoms with Crippen molar-refractivity contribution in [3.8, 4) is 5.75 Å². The highest BCUT2D eigenvalue weighted by Crippen LogP contribution is 2.20. The molecule has 0 bridgehead atoms. The molecule has 7 heteroatoms. The Balaban J connectivity index is 1.77. The molecule has 0 heterocycles. The number of carbonyl (C=O) groups excluding carboxylic acids is 1. The molecule has 1 aliphatic rings. The Morgan fingerprint density at radius 3 is 2.39 bits per heavy atom. The summed E-state index contributed by atoms with van der Waals surface area (Å²) in [7, 11) is 0. The van der Waals surface area contributed by atoms with E-state index in [0.717, 1.165) is 64.0 Å². The van der Waals surface area contributed by atoms with Crippen molar-refractivity contribution in [3.63, 3.8) is 0 Å². The molecule has 0 unspecified atom stereocenters. The summed E-state index contributed by atoms with van der Waals surface area (Å²) in [6, 6.07) is 8.18. The average molecular weight is 433 g/mol. The van der Waals surface area contributed by atoms with Crippen molar-refractivity contribution in [1.29, 1.82) is 0 Å². The lowest BCUT2D eigenvalue weighted by Crippen LogP contribution is -2.40. The Morgan fingerprint density at radius 1 is 1.13 bits per heavy atom. The smallest absolute Gasteiger partial charge is 0.258 e. The molecule has 4 N–H and O–H groups in total. The van der Waals surface area contributed by atoms with Gasteiger partial charge in [0.05, 0.1) is 12.1 Å². The summed E-state index contributed by atoms with van der Waals surface area (Å²) in [5, 5.41) is 20.3. The maximum Gasteiger partial charge on any atom is 0.258 e. The molecule has 1 fully saturated rings. The average Bonchev–Trinajstić information content (AvgIpc) is 3.56. The molecule has 0 radical (unpaired) electrons. The molecule has 1 aromatic rings. The first-order valence-corrected chi connectivity index (χ1v) is 11.7. The minimum atomic E-state index is -0.725. The second kappa shape index (κ2) is 13.2. The van der Waals surface area contributed by atoms with Gasteiger partial charge in [0, 0.05) is 19.1 Å². The van der Waals surface area contributed by atoms with Gasteiger partial charge in [-0.15, -0.1) is 0 Å². The first-order valence-electron chi connectivity index (χ1n) is 11.7. The maximum atomic E-state index is 11.7. The number of hydrogen-bond donors (Lipinski definition) is 4. The topological polar surface area (TPSA) is 95.0 Å². The van der Waals surface area contributed by atoms with Crippen LogP contribution in [0.5, 0.6) is 5.75 Å². The third kappa shape index (κ3) is 10.0. The normalized spacial score (nSPS) is 14.3. The van der Waals surface area contributed by atoms with Crippen molar-refractivity contribution >= 4 is 11.9 Å². The van der Waals surface area contributed by atoms with E-state index in [1.165, 1.54) is 5.56 Å². The van der Waals surface area contributed by atoms with Crippen LogP contribution >= 0.6 is 0 Å². The van der Waals surface area contributed by atoms with Gasteiger partial charge in [-0.25, -0.2) is 0 Å². The lowest BCUT2D eigenvalue weighted by molar-refractivity contribution is -0.123. The zero-order chi connectivity index (χ0) is 22.5.